The minimum Gasteiger partial charge on any atom is -0.227 e. The van der Waals surface area contributed by atoms with E-state index in [-0.39, 0.29) is 9.92 Å². The Bertz CT molecular complexity index is 553. The molecule has 0 heterocycles. The van der Waals surface area contributed by atoms with E-state index in [1.807, 2.05) is 12.1 Å². The van der Waals surface area contributed by atoms with Gasteiger partial charge in [0.2, 0.25) is 0 Å². The molecular formula is C10H7ClO2S. The molecule has 0 fully saturated rings. The van der Waals surface area contributed by atoms with Crippen LogP contribution in [0.4, 0.5) is 0 Å². The van der Waals surface area contributed by atoms with Crippen molar-refractivity contribution < 1.29 is 8.42 Å². The summed E-state index contributed by atoms with van der Waals surface area (Å²) >= 11 is 5.81. The third-order valence-electron chi connectivity index (χ3n) is 2.03. The normalized spacial score (nSPS) is 11.0. The number of hydrogen-bond acceptors (Lipinski definition) is 2. The molecule has 0 aliphatic rings. The van der Waals surface area contributed by atoms with Crippen molar-refractivity contribution in [3.8, 4) is 0 Å². The third-order valence-corrected chi connectivity index (χ3v) is 3.33. The van der Waals surface area contributed by atoms with Crippen molar-refractivity contribution >= 4 is 33.1 Å². The maximum absolute atomic E-state index is 11.0. The Labute approximate surface area is 88.1 Å². The molecule has 4 heteroatoms. The lowest BCUT2D eigenvalue weighted by atomic mass is 10.1. The molecule has 0 aliphatic heterocycles. The molecule has 2 nitrogen and oxygen atoms in total. The summed E-state index contributed by atoms with van der Waals surface area (Å²) in [7, 11) is -2.65. The monoisotopic (exact) mass is 226 g/mol. The fourth-order valence-corrected chi connectivity index (χ4v) is 2.44. The summed E-state index contributed by atoms with van der Waals surface area (Å²) in [6.07, 6.45) is 0. The third kappa shape index (κ3) is 1.49. The van der Waals surface area contributed by atoms with Crippen LogP contribution in [0, 0.1) is 0 Å². The Balaban J connectivity index is 2.97. The summed E-state index contributed by atoms with van der Waals surface area (Å²) in [5.74, 6) is 0. The minimum atomic E-state index is -2.65. The molecule has 2 aromatic rings. The highest BCUT2D eigenvalue weighted by atomic mass is 35.5. The molecule has 0 spiro atoms. The van der Waals surface area contributed by atoms with Gasteiger partial charge in [0, 0.05) is 5.39 Å². The Hall–Kier alpha value is -1.06. The van der Waals surface area contributed by atoms with Crippen molar-refractivity contribution in [3.05, 3.63) is 41.4 Å². The molecule has 0 saturated carbocycles. The number of halogens is 1. The topological polar surface area (TPSA) is 34.1 Å². The van der Waals surface area contributed by atoms with Crippen molar-refractivity contribution in [1.29, 1.82) is 0 Å². The van der Waals surface area contributed by atoms with Gasteiger partial charge in [-0.3, -0.25) is 0 Å². The van der Waals surface area contributed by atoms with Crippen LogP contribution in [0.1, 0.15) is 0 Å². The van der Waals surface area contributed by atoms with Gasteiger partial charge >= 0.3 is 0 Å². The van der Waals surface area contributed by atoms with E-state index >= 15 is 0 Å². The predicted octanol–water partition coefficient (Wildman–Crippen LogP) is 2.46. The molecule has 0 radical (unpaired) electrons. The van der Waals surface area contributed by atoms with Crippen LogP contribution in [0.25, 0.3) is 10.8 Å². The van der Waals surface area contributed by atoms with Gasteiger partial charge in [0.15, 0.2) is 10.7 Å². The maximum atomic E-state index is 11.0. The largest absolute Gasteiger partial charge is 0.227 e. The molecule has 2 rings (SSSR count). The van der Waals surface area contributed by atoms with Crippen molar-refractivity contribution in [3.63, 3.8) is 0 Å². The molecule has 0 aromatic heterocycles. The molecule has 0 N–H and O–H groups in total. The van der Waals surface area contributed by atoms with E-state index in [0.717, 1.165) is 5.39 Å². The standard InChI is InChI=1S/C10H7ClO2S/c11-9-6-5-7-3-1-2-4-8(7)10(9)14(12)13/h1-6,14H. The number of benzene rings is 2. The van der Waals surface area contributed by atoms with Crippen LogP contribution in [-0.2, 0) is 10.7 Å². The highest BCUT2D eigenvalue weighted by Gasteiger charge is 2.07. The van der Waals surface area contributed by atoms with E-state index in [1.165, 1.54) is 0 Å². The second-order valence-corrected chi connectivity index (χ2v) is 4.24. The second-order valence-electron chi connectivity index (χ2n) is 2.87. The fourth-order valence-electron chi connectivity index (χ4n) is 1.41. The average Bonchev–Trinajstić information content (AvgIpc) is 2.17. The molecule has 0 saturated heterocycles. The van der Waals surface area contributed by atoms with Gasteiger partial charge < -0.3 is 0 Å². The van der Waals surface area contributed by atoms with E-state index in [9.17, 15) is 8.42 Å². The lowest BCUT2D eigenvalue weighted by Crippen LogP contribution is -1.85. The second kappa shape index (κ2) is 3.59. The molecule has 0 amide bonds. The first-order valence-electron chi connectivity index (χ1n) is 4.02. The minimum absolute atomic E-state index is 0.208. The van der Waals surface area contributed by atoms with Crippen molar-refractivity contribution in [1.82, 2.24) is 0 Å². The molecule has 14 heavy (non-hydrogen) atoms. The zero-order valence-electron chi connectivity index (χ0n) is 7.11. The van der Waals surface area contributed by atoms with E-state index in [2.05, 4.69) is 0 Å². The number of thiol groups is 1. The quantitative estimate of drug-likeness (QED) is 0.758. The Morgan fingerprint density at radius 2 is 1.71 bits per heavy atom. The highest BCUT2D eigenvalue weighted by Crippen LogP contribution is 2.26. The van der Waals surface area contributed by atoms with Crippen LogP contribution < -0.4 is 0 Å². The summed E-state index contributed by atoms with van der Waals surface area (Å²) in [5.41, 5.74) is 0. The molecule has 0 unspecified atom stereocenters. The predicted molar refractivity (Wildman–Crippen MR) is 57.5 cm³/mol. The van der Waals surface area contributed by atoms with E-state index in [4.69, 9.17) is 11.6 Å². The Kier molecular flexibility index (Phi) is 2.44. The Morgan fingerprint density at radius 1 is 1.00 bits per heavy atom. The first-order valence-corrected chi connectivity index (χ1v) is 5.57. The van der Waals surface area contributed by atoms with Crippen LogP contribution in [0.2, 0.25) is 5.02 Å². The van der Waals surface area contributed by atoms with Gasteiger partial charge in [-0.25, -0.2) is 8.42 Å². The molecule has 2 aromatic carbocycles. The summed E-state index contributed by atoms with van der Waals surface area (Å²) < 4.78 is 22.0. The number of fused-ring (bicyclic) bond motifs is 1. The molecule has 0 aliphatic carbocycles. The lowest BCUT2D eigenvalue weighted by Gasteiger charge is -2.01. The van der Waals surface area contributed by atoms with Crippen LogP contribution >= 0.6 is 11.6 Å². The van der Waals surface area contributed by atoms with Gasteiger partial charge in [0.05, 0.1) is 9.92 Å². The van der Waals surface area contributed by atoms with Gasteiger partial charge in [0.25, 0.3) is 0 Å². The van der Waals surface area contributed by atoms with Gasteiger partial charge in [-0.1, -0.05) is 41.9 Å². The molecule has 0 atom stereocenters. The first kappa shape index (κ1) is 9.49. The molecular weight excluding hydrogens is 220 g/mol. The van der Waals surface area contributed by atoms with Crippen molar-refractivity contribution in [2.45, 2.75) is 4.90 Å². The van der Waals surface area contributed by atoms with Gasteiger partial charge in [-0.05, 0) is 11.5 Å². The van der Waals surface area contributed by atoms with E-state index in [1.54, 1.807) is 24.3 Å². The lowest BCUT2D eigenvalue weighted by molar-refractivity contribution is 0.615. The van der Waals surface area contributed by atoms with Crippen molar-refractivity contribution in [2.24, 2.45) is 0 Å². The zero-order valence-corrected chi connectivity index (χ0v) is 8.76. The van der Waals surface area contributed by atoms with Crippen LogP contribution in [-0.4, -0.2) is 8.42 Å². The number of rotatable bonds is 1. The Morgan fingerprint density at radius 3 is 2.43 bits per heavy atom. The summed E-state index contributed by atoms with van der Waals surface area (Å²) in [6, 6.07) is 10.7. The van der Waals surface area contributed by atoms with Crippen LogP contribution in [0.5, 0.6) is 0 Å². The fraction of sp³-hybridized carbons (Fsp3) is 0. The smallest absolute Gasteiger partial charge is 0.170 e. The SMILES string of the molecule is O=[SH](=O)c1c(Cl)ccc2ccccc12. The van der Waals surface area contributed by atoms with Crippen molar-refractivity contribution in [2.75, 3.05) is 0 Å². The maximum Gasteiger partial charge on any atom is 0.170 e. The molecule has 72 valence electrons. The van der Waals surface area contributed by atoms with E-state index < -0.39 is 10.7 Å². The van der Waals surface area contributed by atoms with Gasteiger partial charge in [-0.15, -0.1) is 0 Å². The summed E-state index contributed by atoms with van der Waals surface area (Å²) in [5, 5.41) is 1.84. The summed E-state index contributed by atoms with van der Waals surface area (Å²) in [6.45, 7) is 0. The molecule has 0 bridgehead atoms. The summed E-state index contributed by atoms with van der Waals surface area (Å²) in [4.78, 5) is 0.208. The zero-order chi connectivity index (χ0) is 10.1. The highest BCUT2D eigenvalue weighted by molar-refractivity contribution is 7.73. The van der Waals surface area contributed by atoms with Gasteiger partial charge in [-0.2, -0.15) is 0 Å². The van der Waals surface area contributed by atoms with Gasteiger partial charge in [0.1, 0.15) is 0 Å². The first-order chi connectivity index (χ1) is 6.70. The number of hydrogen-bond donors (Lipinski definition) is 1. The van der Waals surface area contributed by atoms with Crippen LogP contribution in [0.3, 0.4) is 0 Å². The van der Waals surface area contributed by atoms with E-state index in [0.29, 0.717) is 5.39 Å². The van der Waals surface area contributed by atoms with Crippen LogP contribution in [0.15, 0.2) is 41.3 Å². The average molecular weight is 227 g/mol.